The fraction of sp³-hybridized carbons (Fsp3) is 0.677. The van der Waals surface area contributed by atoms with Gasteiger partial charge in [-0.15, -0.1) is 0 Å². The van der Waals surface area contributed by atoms with Gasteiger partial charge in [0.25, 0.3) is 5.56 Å². The van der Waals surface area contributed by atoms with Crippen molar-refractivity contribution in [2.24, 2.45) is 28.3 Å². The molecule has 8 nitrogen and oxygen atoms in total. The number of nitrogens with zero attached hydrogens (tertiary/aromatic N) is 4. The normalized spacial score (nSPS) is 32.0. The first kappa shape index (κ1) is 26.5. The number of rotatable bonds is 8. The van der Waals surface area contributed by atoms with E-state index in [-0.39, 0.29) is 17.3 Å². The highest BCUT2D eigenvalue weighted by Crippen LogP contribution is 2.62. The van der Waals surface area contributed by atoms with Gasteiger partial charge in [0.1, 0.15) is 5.71 Å². The average molecular weight is 535 g/mol. The minimum atomic E-state index is -1.11. The van der Waals surface area contributed by atoms with E-state index >= 15 is 0 Å². The molecule has 0 radical (unpaired) electrons. The Bertz CT molecular complexity index is 1320. The van der Waals surface area contributed by atoms with E-state index in [2.05, 4.69) is 28.9 Å². The van der Waals surface area contributed by atoms with E-state index < -0.39 is 12.6 Å². The SMILES string of the molecule is C/C(=N\OCC(=O)O)c1nc2ccccc2n([C@H]2C[C@H]3CCC[C@@H](C2)N3CCC2CC[C@H]3C[C@@H]2C3(C)C)c1=O. The number of hydrogen-bond acceptors (Lipinski definition) is 6. The average Bonchev–Trinajstić information content (AvgIpc) is 2.91. The molecule has 2 aliphatic heterocycles. The van der Waals surface area contributed by atoms with Crippen molar-refractivity contribution in [2.75, 3.05) is 13.2 Å². The van der Waals surface area contributed by atoms with Gasteiger partial charge in [-0.25, -0.2) is 9.78 Å². The topological polar surface area (TPSA) is 97.0 Å². The fourth-order valence-electron chi connectivity index (χ4n) is 8.63. The molecule has 7 rings (SSSR count). The second-order valence-electron chi connectivity index (χ2n) is 13.1. The first-order chi connectivity index (χ1) is 18.7. The summed E-state index contributed by atoms with van der Waals surface area (Å²) in [6, 6.07) is 8.91. The predicted molar refractivity (Wildman–Crippen MR) is 151 cm³/mol. The highest BCUT2D eigenvalue weighted by atomic mass is 16.6. The van der Waals surface area contributed by atoms with Crippen molar-refractivity contribution in [3.63, 3.8) is 0 Å². The van der Waals surface area contributed by atoms with Crippen molar-refractivity contribution in [1.82, 2.24) is 14.5 Å². The summed E-state index contributed by atoms with van der Waals surface area (Å²) >= 11 is 0. The third-order valence-corrected chi connectivity index (χ3v) is 10.8. The van der Waals surface area contributed by atoms with Crippen LogP contribution >= 0.6 is 0 Å². The molecule has 5 fully saturated rings. The second-order valence-corrected chi connectivity index (χ2v) is 13.1. The zero-order valence-corrected chi connectivity index (χ0v) is 23.5. The van der Waals surface area contributed by atoms with Crippen LogP contribution in [0, 0.1) is 23.2 Å². The maximum atomic E-state index is 13.9. The lowest BCUT2D eigenvalue weighted by atomic mass is 9.45. The van der Waals surface area contributed by atoms with Gasteiger partial charge in [0.15, 0.2) is 5.69 Å². The number of aliphatic carboxylic acids is 1. The Morgan fingerprint density at radius 3 is 2.54 bits per heavy atom. The Morgan fingerprint density at radius 1 is 1.10 bits per heavy atom. The summed E-state index contributed by atoms with van der Waals surface area (Å²) in [5, 5.41) is 12.8. The third kappa shape index (κ3) is 4.79. The van der Waals surface area contributed by atoms with Gasteiger partial charge in [0.05, 0.1) is 11.0 Å². The third-order valence-electron chi connectivity index (χ3n) is 10.8. The lowest BCUT2D eigenvalue weighted by molar-refractivity contribution is -0.142. The summed E-state index contributed by atoms with van der Waals surface area (Å²) in [4.78, 5) is 37.1. The maximum absolute atomic E-state index is 13.9. The zero-order chi connectivity index (χ0) is 27.3. The standard InChI is InChI=1S/C31H42N4O4/c1-19(33-39-18-28(36)37)29-30(38)35(27-10-5-4-9-26(27)32-29)24-16-22-7-6-8-23(17-24)34(22)14-13-20-11-12-21-15-25(20)31(21,2)3/h4-5,9-10,20-25H,6-8,11-18H2,1-3H3,(H,36,37)/b33-19+/t20?,21-,22-,23+,24+,25-/m0/s1. The fourth-order valence-corrected chi connectivity index (χ4v) is 8.63. The van der Waals surface area contributed by atoms with E-state index in [1.54, 1.807) is 6.92 Å². The van der Waals surface area contributed by atoms with E-state index in [0.29, 0.717) is 23.2 Å². The van der Waals surface area contributed by atoms with Gasteiger partial charge in [-0.3, -0.25) is 9.69 Å². The van der Waals surface area contributed by atoms with Crippen LogP contribution in [-0.2, 0) is 9.63 Å². The van der Waals surface area contributed by atoms with E-state index in [9.17, 15) is 9.59 Å². The first-order valence-corrected chi connectivity index (χ1v) is 14.9. The number of carboxylic acid groups (broad SMARTS) is 1. The second kappa shape index (κ2) is 10.3. The minimum Gasteiger partial charge on any atom is -0.479 e. The lowest BCUT2D eigenvalue weighted by Crippen LogP contribution is -2.55. The summed E-state index contributed by atoms with van der Waals surface area (Å²) in [6.45, 7) is 7.27. The number of hydrogen-bond donors (Lipinski definition) is 1. The largest absolute Gasteiger partial charge is 0.479 e. The van der Waals surface area contributed by atoms with E-state index in [4.69, 9.17) is 9.94 Å². The van der Waals surface area contributed by atoms with E-state index in [0.717, 1.165) is 41.6 Å². The Labute approximate surface area is 230 Å². The monoisotopic (exact) mass is 534 g/mol. The number of carboxylic acids is 1. The first-order valence-electron chi connectivity index (χ1n) is 14.9. The number of carbonyl (C=O) groups is 1. The van der Waals surface area contributed by atoms with Crippen LogP contribution in [0.4, 0.5) is 0 Å². The molecule has 4 bridgehead atoms. The zero-order valence-electron chi connectivity index (χ0n) is 23.5. The van der Waals surface area contributed by atoms with Crippen molar-refractivity contribution in [3.8, 4) is 0 Å². The predicted octanol–water partition coefficient (Wildman–Crippen LogP) is 5.24. The summed E-state index contributed by atoms with van der Waals surface area (Å²) in [5.74, 6) is 1.60. The summed E-state index contributed by atoms with van der Waals surface area (Å²) < 4.78 is 1.95. The van der Waals surface area contributed by atoms with Gasteiger partial charge >= 0.3 is 5.97 Å². The van der Waals surface area contributed by atoms with Gasteiger partial charge < -0.3 is 14.5 Å². The molecule has 3 saturated carbocycles. The molecule has 3 aliphatic carbocycles. The maximum Gasteiger partial charge on any atom is 0.344 e. The molecule has 6 atom stereocenters. The van der Waals surface area contributed by atoms with Crippen LogP contribution in [0.15, 0.2) is 34.2 Å². The van der Waals surface area contributed by atoms with Crippen LogP contribution in [0.5, 0.6) is 0 Å². The van der Waals surface area contributed by atoms with Crippen molar-refractivity contribution in [2.45, 2.75) is 96.7 Å². The van der Waals surface area contributed by atoms with Crippen LogP contribution in [0.2, 0.25) is 0 Å². The van der Waals surface area contributed by atoms with E-state index in [1.807, 2.05) is 28.8 Å². The molecule has 0 amide bonds. The molecular weight excluding hydrogens is 492 g/mol. The molecule has 2 saturated heterocycles. The number of benzene rings is 1. The smallest absolute Gasteiger partial charge is 0.344 e. The number of piperidine rings is 2. The molecule has 8 heteroatoms. The Kier molecular flexibility index (Phi) is 7.02. The van der Waals surface area contributed by atoms with Gasteiger partial charge in [0.2, 0.25) is 6.61 Å². The van der Waals surface area contributed by atoms with E-state index in [1.165, 1.54) is 51.5 Å². The van der Waals surface area contributed by atoms with Crippen LogP contribution < -0.4 is 5.56 Å². The van der Waals surface area contributed by atoms with Gasteiger partial charge in [-0.1, -0.05) is 37.6 Å². The van der Waals surface area contributed by atoms with Crippen LogP contribution in [0.3, 0.4) is 0 Å². The van der Waals surface area contributed by atoms with Crippen LogP contribution in [-0.4, -0.2) is 56.5 Å². The number of oxime groups is 1. The molecule has 210 valence electrons. The van der Waals surface area contributed by atoms with Crippen molar-refractivity contribution in [1.29, 1.82) is 0 Å². The quantitative estimate of drug-likeness (QED) is 0.367. The molecular formula is C31H42N4O4. The molecule has 3 heterocycles. The Hall–Kier alpha value is -2.74. The summed E-state index contributed by atoms with van der Waals surface area (Å²) in [6.07, 6.45) is 11.2. The Morgan fingerprint density at radius 2 is 1.85 bits per heavy atom. The van der Waals surface area contributed by atoms with Crippen molar-refractivity contribution >= 4 is 22.7 Å². The molecule has 0 spiro atoms. The molecule has 1 unspecified atom stereocenters. The number of para-hydroxylation sites is 2. The Balaban J connectivity index is 1.24. The van der Waals surface area contributed by atoms with Gasteiger partial charge in [0, 0.05) is 18.1 Å². The molecule has 2 aromatic rings. The minimum absolute atomic E-state index is 0.101. The molecule has 1 aromatic carbocycles. The van der Waals surface area contributed by atoms with Gasteiger partial charge in [-0.2, -0.15) is 0 Å². The number of aromatic nitrogens is 2. The molecule has 1 N–H and O–H groups in total. The van der Waals surface area contributed by atoms with Crippen LogP contribution in [0.25, 0.3) is 11.0 Å². The highest BCUT2D eigenvalue weighted by Gasteiger charge is 2.54. The van der Waals surface area contributed by atoms with Crippen molar-refractivity contribution in [3.05, 3.63) is 40.3 Å². The van der Waals surface area contributed by atoms with Crippen LogP contribution in [0.1, 0.15) is 90.3 Å². The summed E-state index contributed by atoms with van der Waals surface area (Å²) in [7, 11) is 0. The molecule has 5 aliphatic rings. The summed E-state index contributed by atoms with van der Waals surface area (Å²) in [5.41, 5.74) is 2.48. The van der Waals surface area contributed by atoms with Crippen molar-refractivity contribution < 1.29 is 14.7 Å². The molecule has 1 aromatic heterocycles. The lowest BCUT2D eigenvalue weighted by Gasteiger charge is -2.60. The van der Waals surface area contributed by atoms with Gasteiger partial charge in [-0.05, 0) is 100 Å². The molecule has 39 heavy (non-hydrogen) atoms. The highest BCUT2D eigenvalue weighted by molar-refractivity contribution is 5.97. The number of fused-ring (bicyclic) bond motifs is 5.